The molecule has 0 radical (unpaired) electrons. The number of hydrogen-bond acceptors (Lipinski definition) is 7. The highest BCUT2D eigenvalue weighted by Gasteiger charge is 2.30. The highest BCUT2D eigenvalue weighted by atomic mass is 32.1. The van der Waals surface area contributed by atoms with E-state index in [0.29, 0.717) is 11.5 Å². The molecule has 7 nitrogen and oxygen atoms in total. The molecule has 1 fully saturated rings. The Hall–Kier alpha value is -3.21. The maximum Gasteiger partial charge on any atom is 0.416 e. The standard InChI is InChI=1S/C21H20F3N5O2S/c22-21(23,24)14-4-7-25-18(11-14)28-17-3-1-2-15(27-17)16-12-26-20(32-16)29-8-5-13(6-9-29)10-19(30)31/h1-4,7,11-13H,5-6,8-10H2,(H,30,31)(H,25,27,28). The number of carboxylic acid groups (broad SMARTS) is 1. The molecule has 0 aromatic carbocycles. The van der Waals surface area contributed by atoms with Gasteiger partial charge in [-0.05, 0) is 43.0 Å². The summed E-state index contributed by atoms with van der Waals surface area (Å²) in [5.74, 6) is -0.144. The molecule has 4 heterocycles. The van der Waals surface area contributed by atoms with Crippen molar-refractivity contribution in [2.45, 2.75) is 25.4 Å². The van der Waals surface area contributed by atoms with Crippen LogP contribution in [-0.4, -0.2) is 39.1 Å². The Labute approximate surface area is 186 Å². The number of aliphatic carboxylic acids is 1. The lowest BCUT2D eigenvalue weighted by Gasteiger charge is -2.30. The quantitative estimate of drug-likeness (QED) is 0.528. The van der Waals surface area contributed by atoms with E-state index in [1.807, 2.05) is 0 Å². The number of carboxylic acids is 1. The third-order valence-corrected chi connectivity index (χ3v) is 6.27. The monoisotopic (exact) mass is 463 g/mol. The molecule has 0 atom stereocenters. The van der Waals surface area contributed by atoms with Crippen LogP contribution < -0.4 is 10.2 Å². The molecule has 168 valence electrons. The number of piperidine rings is 1. The van der Waals surface area contributed by atoms with Crippen molar-refractivity contribution in [2.75, 3.05) is 23.3 Å². The topological polar surface area (TPSA) is 91.2 Å². The second kappa shape index (κ2) is 9.11. The number of pyridine rings is 2. The zero-order chi connectivity index (χ0) is 22.7. The van der Waals surface area contributed by atoms with Crippen LogP contribution in [-0.2, 0) is 11.0 Å². The normalized spacial score (nSPS) is 15.0. The van der Waals surface area contributed by atoms with Crippen molar-refractivity contribution in [1.82, 2.24) is 15.0 Å². The van der Waals surface area contributed by atoms with Crippen molar-refractivity contribution in [2.24, 2.45) is 5.92 Å². The lowest BCUT2D eigenvalue weighted by atomic mass is 9.94. The summed E-state index contributed by atoms with van der Waals surface area (Å²) in [6, 6.07) is 7.07. The zero-order valence-electron chi connectivity index (χ0n) is 16.8. The van der Waals surface area contributed by atoms with Crippen LogP contribution in [0.15, 0.2) is 42.7 Å². The first kappa shape index (κ1) is 22.0. The summed E-state index contributed by atoms with van der Waals surface area (Å²) in [4.78, 5) is 26.8. The number of aromatic nitrogens is 3. The van der Waals surface area contributed by atoms with Gasteiger partial charge in [0.05, 0.1) is 16.1 Å². The molecule has 3 aromatic heterocycles. The molecule has 0 bridgehead atoms. The Morgan fingerprint density at radius 2 is 1.97 bits per heavy atom. The van der Waals surface area contributed by atoms with Crippen molar-refractivity contribution in [1.29, 1.82) is 0 Å². The van der Waals surface area contributed by atoms with Gasteiger partial charge in [0, 0.05) is 31.9 Å². The Morgan fingerprint density at radius 3 is 2.69 bits per heavy atom. The Kier molecular flexibility index (Phi) is 6.26. The van der Waals surface area contributed by atoms with Crippen molar-refractivity contribution < 1.29 is 23.1 Å². The summed E-state index contributed by atoms with van der Waals surface area (Å²) in [7, 11) is 0. The Morgan fingerprint density at radius 1 is 1.19 bits per heavy atom. The summed E-state index contributed by atoms with van der Waals surface area (Å²) in [5.41, 5.74) is -0.142. The van der Waals surface area contributed by atoms with Crippen LogP contribution in [0.3, 0.4) is 0 Å². The number of rotatable bonds is 6. The molecule has 2 N–H and O–H groups in total. The molecule has 0 unspecified atom stereocenters. The van der Waals surface area contributed by atoms with Crippen molar-refractivity contribution in [3.05, 3.63) is 48.3 Å². The third-order valence-electron chi connectivity index (χ3n) is 5.19. The third kappa shape index (κ3) is 5.34. The minimum absolute atomic E-state index is 0.0544. The number of thiazole rings is 1. The average molecular weight is 463 g/mol. The molecule has 0 spiro atoms. The molecule has 0 saturated carbocycles. The van der Waals surface area contributed by atoms with Crippen LogP contribution in [0, 0.1) is 5.92 Å². The first-order valence-corrected chi connectivity index (χ1v) is 10.8. The second-order valence-electron chi connectivity index (χ2n) is 7.50. The number of hydrogen-bond donors (Lipinski definition) is 2. The minimum Gasteiger partial charge on any atom is -0.481 e. The van der Waals surface area contributed by atoms with Crippen LogP contribution in [0.2, 0.25) is 0 Å². The summed E-state index contributed by atoms with van der Waals surface area (Å²) in [6.07, 6.45) is 0.186. The van der Waals surface area contributed by atoms with Gasteiger partial charge in [0.15, 0.2) is 5.13 Å². The maximum atomic E-state index is 12.9. The lowest BCUT2D eigenvalue weighted by molar-refractivity contribution is -0.138. The summed E-state index contributed by atoms with van der Waals surface area (Å²) in [6.45, 7) is 1.50. The van der Waals surface area contributed by atoms with E-state index in [4.69, 9.17) is 5.11 Å². The zero-order valence-corrected chi connectivity index (χ0v) is 17.7. The number of anilines is 3. The van der Waals surface area contributed by atoms with Gasteiger partial charge in [0.1, 0.15) is 11.6 Å². The molecule has 0 amide bonds. The van der Waals surface area contributed by atoms with Gasteiger partial charge in [0.2, 0.25) is 0 Å². The van der Waals surface area contributed by atoms with Crippen molar-refractivity contribution in [3.8, 4) is 10.6 Å². The fraction of sp³-hybridized carbons (Fsp3) is 0.333. The van der Waals surface area contributed by atoms with Gasteiger partial charge in [-0.1, -0.05) is 17.4 Å². The molecule has 0 aliphatic carbocycles. The maximum absolute atomic E-state index is 12.9. The van der Waals surface area contributed by atoms with Crippen LogP contribution in [0.1, 0.15) is 24.8 Å². The van der Waals surface area contributed by atoms with Crippen LogP contribution in [0.5, 0.6) is 0 Å². The summed E-state index contributed by atoms with van der Waals surface area (Å²) in [5, 5.41) is 12.6. The second-order valence-corrected chi connectivity index (χ2v) is 8.51. The molecular formula is C21H20F3N5O2S. The number of carbonyl (C=O) groups is 1. The van der Waals surface area contributed by atoms with E-state index in [1.54, 1.807) is 24.4 Å². The largest absolute Gasteiger partial charge is 0.481 e. The first-order valence-electron chi connectivity index (χ1n) is 9.98. The van der Waals surface area contributed by atoms with E-state index < -0.39 is 17.7 Å². The first-order chi connectivity index (χ1) is 15.3. The van der Waals surface area contributed by atoms with Crippen LogP contribution in [0.25, 0.3) is 10.6 Å². The molecule has 1 aliphatic rings. The van der Waals surface area contributed by atoms with Gasteiger partial charge in [-0.15, -0.1) is 0 Å². The molecule has 1 aliphatic heterocycles. The van der Waals surface area contributed by atoms with Gasteiger partial charge < -0.3 is 15.3 Å². The van der Waals surface area contributed by atoms with Crippen molar-refractivity contribution >= 4 is 34.1 Å². The molecule has 32 heavy (non-hydrogen) atoms. The molecule has 4 rings (SSSR count). The Bertz CT molecular complexity index is 1100. The van der Waals surface area contributed by atoms with E-state index in [0.717, 1.165) is 54.3 Å². The van der Waals surface area contributed by atoms with E-state index in [-0.39, 0.29) is 18.2 Å². The smallest absolute Gasteiger partial charge is 0.416 e. The average Bonchev–Trinajstić information content (AvgIpc) is 3.24. The number of halogens is 3. The lowest BCUT2D eigenvalue weighted by Crippen LogP contribution is -2.34. The van der Waals surface area contributed by atoms with Gasteiger partial charge in [-0.2, -0.15) is 13.2 Å². The van der Waals surface area contributed by atoms with Crippen LogP contribution in [0.4, 0.5) is 29.9 Å². The van der Waals surface area contributed by atoms with Gasteiger partial charge >= 0.3 is 12.1 Å². The summed E-state index contributed by atoms with van der Waals surface area (Å²) >= 11 is 1.47. The van der Waals surface area contributed by atoms with Crippen molar-refractivity contribution in [3.63, 3.8) is 0 Å². The highest BCUT2D eigenvalue weighted by Crippen LogP contribution is 2.34. The van der Waals surface area contributed by atoms with Crippen LogP contribution >= 0.6 is 11.3 Å². The van der Waals surface area contributed by atoms with E-state index in [1.165, 1.54) is 11.3 Å². The minimum atomic E-state index is -4.45. The fourth-order valence-corrected chi connectivity index (χ4v) is 4.49. The summed E-state index contributed by atoms with van der Waals surface area (Å²) < 4.78 is 38.8. The molecule has 1 saturated heterocycles. The Balaban J connectivity index is 1.45. The van der Waals surface area contributed by atoms with Gasteiger partial charge in [-0.25, -0.2) is 15.0 Å². The molecule has 11 heteroatoms. The predicted octanol–water partition coefficient (Wildman–Crippen LogP) is 5.05. The SMILES string of the molecule is O=C(O)CC1CCN(c2ncc(-c3cccc(Nc4cc(C(F)(F)F)ccn4)n3)s2)CC1. The van der Waals surface area contributed by atoms with Gasteiger partial charge in [-0.3, -0.25) is 4.79 Å². The number of nitrogens with zero attached hydrogens (tertiary/aromatic N) is 4. The van der Waals surface area contributed by atoms with E-state index >= 15 is 0 Å². The van der Waals surface area contributed by atoms with E-state index in [9.17, 15) is 18.0 Å². The predicted molar refractivity (Wildman–Crippen MR) is 115 cm³/mol. The molecular weight excluding hydrogens is 443 g/mol. The van der Waals surface area contributed by atoms with E-state index in [2.05, 4.69) is 25.2 Å². The number of nitrogens with one attached hydrogen (secondary N) is 1. The molecule has 3 aromatic rings. The van der Waals surface area contributed by atoms with Gasteiger partial charge in [0.25, 0.3) is 0 Å². The fourth-order valence-electron chi connectivity index (χ4n) is 3.55. The highest BCUT2D eigenvalue weighted by molar-refractivity contribution is 7.18. The number of alkyl halides is 3.